The van der Waals surface area contributed by atoms with Gasteiger partial charge < -0.3 is 4.90 Å². The molecule has 0 saturated heterocycles. The van der Waals surface area contributed by atoms with Crippen molar-refractivity contribution in [3.05, 3.63) is 89.5 Å². The van der Waals surface area contributed by atoms with Gasteiger partial charge in [-0.15, -0.1) is 0 Å². The molecule has 0 radical (unpaired) electrons. The first kappa shape index (κ1) is 20.9. The lowest BCUT2D eigenvalue weighted by atomic mass is 9.91. The largest absolute Gasteiger partial charge is 0.305 e. The second kappa shape index (κ2) is 8.85. The fraction of sp³-hybridized carbons (Fsp3) is 0.333. The molecule has 2 aromatic carbocycles. The fourth-order valence-electron chi connectivity index (χ4n) is 4.93. The number of hydrogen-bond donors (Lipinski definition) is 0. The highest BCUT2D eigenvalue weighted by Gasteiger charge is 2.26. The maximum Gasteiger partial charge on any atom is 0.128 e. The molecule has 0 aliphatic heterocycles. The Morgan fingerprint density at radius 3 is 2.56 bits per heavy atom. The van der Waals surface area contributed by atoms with Gasteiger partial charge in [0.2, 0.25) is 0 Å². The molecule has 0 saturated carbocycles. The molecule has 2 heterocycles. The van der Waals surface area contributed by atoms with Gasteiger partial charge in [-0.1, -0.05) is 30.3 Å². The van der Waals surface area contributed by atoms with Crippen LogP contribution in [0.2, 0.25) is 0 Å². The number of aromatic nitrogens is 3. The van der Waals surface area contributed by atoms with Crippen LogP contribution in [0.3, 0.4) is 0 Å². The minimum absolute atomic E-state index is 0.329. The molecule has 0 amide bonds. The number of para-hydroxylation sites is 2. The summed E-state index contributed by atoms with van der Waals surface area (Å²) in [4.78, 5) is 14.4. The predicted molar refractivity (Wildman–Crippen MR) is 130 cm³/mol. The average Bonchev–Trinajstić information content (AvgIpc) is 3.16. The molecule has 32 heavy (non-hydrogen) atoms. The van der Waals surface area contributed by atoms with E-state index >= 15 is 0 Å². The Balaban J connectivity index is 1.50. The zero-order chi connectivity index (χ0) is 22.1. The number of aryl methyl sites for hydroxylation is 1. The van der Waals surface area contributed by atoms with Gasteiger partial charge >= 0.3 is 0 Å². The van der Waals surface area contributed by atoms with E-state index in [1.807, 2.05) is 6.20 Å². The molecule has 4 aromatic rings. The van der Waals surface area contributed by atoms with E-state index in [0.717, 1.165) is 48.5 Å². The fourth-order valence-corrected chi connectivity index (χ4v) is 4.93. The van der Waals surface area contributed by atoms with Gasteiger partial charge in [-0.3, -0.25) is 14.5 Å². The molecule has 0 spiro atoms. The van der Waals surface area contributed by atoms with E-state index in [4.69, 9.17) is 9.97 Å². The summed E-state index contributed by atoms with van der Waals surface area (Å²) in [6.45, 7) is 1.71. The van der Waals surface area contributed by atoms with Gasteiger partial charge in [-0.05, 0) is 81.9 Å². The van der Waals surface area contributed by atoms with Crippen LogP contribution in [0.1, 0.15) is 41.5 Å². The molecule has 5 rings (SSSR count). The topological polar surface area (TPSA) is 37.2 Å². The Morgan fingerprint density at radius 2 is 1.75 bits per heavy atom. The van der Waals surface area contributed by atoms with Crippen molar-refractivity contribution < 1.29 is 0 Å². The first-order valence-corrected chi connectivity index (χ1v) is 11.4. The summed E-state index contributed by atoms with van der Waals surface area (Å²) in [7, 11) is 6.41. The van der Waals surface area contributed by atoms with Gasteiger partial charge in [-0.2, -0.15) is 0 Å². The van der Waals surface area contributed by atoms with Crippen LogP contribution < -0.4 is 0 Å². The molecular weight excluding hydrogens is 394 g/mol. The maximum atomic E-state index is 5.04. The molecule has 5 nitrogen and oxygen atoms in total. The molecule has 0 fully saturated rings. The van der Waals surface area contributed by atoms with Crippen LogP contribution >= 0.6 is 0 Å². The van der Waals surface area contributed by atoms with E-state index in [-0.39, 0.29) is 0 Å². The molecule has 1 atom stereocenters. The number of rotatable bonds is 6. The summed E-state index contributed by atoms with van der Waals surface area (Å²) in [6, 6.07) is 21.9. The lowest BCUT2D eigenvalue weighted by Gasteiger charge is -2.32. The summed E-state index contributed by atoms with van der Waals surface area (Å²) in [5.74, 6) is 1.07. The van der Waals surface area contributed by atoms with Crippen molar-refractivity contribution in [3.63, 3.8) is 0 Å². The molecule has 1 unspecified atom stereocenters. The molecule has 1 aliphatic rings. The van der Waals surface area contributed by atoms with Crippen molar-refractivity contribution in [1.29, 1.82) is 0 Å². The van der Waals surface area contributed by atoms with Crippen LogP contribution in [0.25, 0.3) is 16.7 Å². The lowest BCUT2D eigenvalue weighted by molar-refractivity contribution is 0.203. The second-order valence-electron chi connectivity index (χ2n) is 9.13. The Morgan fingerprint density at radius 1 is 0.938 bits per heavy atom. The van der Waals surface area contributed by atoms with Crippen molar-refractivity contribution in [2.45, 2.75) is 38.4 Å². The third-order valence-electron chi connectivity index (χ3n) is 6.41. The van der Waals surface area contributed by atoms with Crippen molar-refractivity contribution in [1.82, 2.24) is 24.3 Å². The zero-order valence-corrected chi connectivity index (χ0v) is 19.2. The van der Waals surface area contributed by atoms with E-state index in [1.165, 1.54) is 23.2 Å². The van der Waals surface area contributed by atoms with E-state index in [2.05, 4.69) is 96.2 Å². The first-order valence-electron chi connectivity index (χ1n) is 11.4. The van der Waals surface area contributed by atoms with Gasteiger partial charge in [-0.25, -0.2) is 4.98 Å². The van der Waals surface area contributed by atoms with Crippen molar-refractivity contribution >= 4 is 11.0 Å². The summed E-state index contributed by atoms with van der Waals surface area (Å²) in [5.41, 5.74) is 7.28. The average molecular weight is 426 g/mol. The Bertz CT molecular complexity index is 1210. The Kier molecular flexibility index (Phi) is 5.77. The number of nitrogens with zero attached hydrogens (tertiary/aromatic N) is 5. The number of pyridine rings is 1. The van der Waals surface area contributed by atoms with E-state index in [1.54, 1.807) is 0 Å². The van der Waals surface area contributed by atoms with Gasteiger partial charge in [0.15, 0.2) is 0 Å². The number of benzene rings is 2. The highest BCUT2D eigenvalue weighted by atomic mass is 15.2. The second-order valence-corrected chi connectivity index (χ2v) is 9.13. The van der Waals surface area contributed by atoms with E-state index < -0.39 is 0 Å². The summed E-state index contributed by atoms with van der Waals surface area (Å²) < 4.78 is 2.31. The first-order chi connectivity index (χ1) is 15.6. The van der Waals surface area contributed by atoms with Gasteiger partial charge in [0.25, 0.3) is 0 Å². The third-order valence-corrected chi connectivity index (χ3v) is 6.41. The quantitative estimate of drug-likeness (QED) is 0.436. The molecular formula is C27H31N5. The predicted octanol–water partition coefficient (Wildman–Crippen LogP) is 4.99. The molecule has 164 valence electrons. The zero-order valence-electron chi connectivity index (χ0n) is 19.2. The summed E-state index contributed by atoms with van der Waals surface area (Å²) in [5, 5.41) is 0. The number of fused-ring (bicyclic) bond motifs is 2. The van der Waals surface area contributed by atoms with Crippen LogP contribution in [0, 0.1) is 0 Å². The minimum Gasteiger partial charge on any atom is -0.305 e. The van der Waals surface area contributed by atoms with Gasteiger partial charge in [0, 0.05) is 18.4 Å². The van der Waals surface area contributed by atoms with Crippen LogP contribution in [-0.2, 0) is 19.5 Å². The van der Waals surface area contributed by atoms with E-state index in [0.29, 0.717) is 6.04 Å². The number of imidazole rings is 1. The Labute approximate surface area is 190 Å². The molecule has 2 aromatic heterocycles. The molecule has 1 aliphatic carbocycles. The van der Waals surface area contributed by atoms with Crippen LogP contribution in [-0.4, -0.2) is 45.5 Å². The normalized spacial score (nSPS) is 16.1. The summed E-state index contributed by atoms with van der Waals surface area (Å²) >= 11 is 0. The van der Waals surface area contributed by atoms with E-state index in [9.17, 15) is 0 Å². The molecule has 0 N–H and O–H groups in total. The van der Waals surface area contributed by atoms with Crippen molar-refractivity contribution in [2.24, 2.45) is 0 Å². The van der Waals surface area contributed by atoms with Crippen molar-refractivity contribution in [3.8, 4) is 5.69 Å². The lowest BCUT2D eigenvalue weighted by Crippen LogP contribution is -2.29. The smallest absolute Gasteiger partial charge is 0.128 e. The third kappa shape index (κ3) is 4.06. The van der Waals surface area contributed by atoms with Crippen LogP contribution in [0.5, 0.6) is 0 Å². The molecule has 0 bridgehead atoms. The summed E-state index contributed by atoms with van der Waals surface area (Å²) in [6.07, 6.45) is 5.40. The molecule has 5 heteroatoms. The Hall–Kier alpha value is -3.02. The van der Waals surface area contributed by atoms with Crippen molar-refractivity contribution in [2.75, 3.05) is 21.1 Å². The SMILES string of the molecule is CN(C)Cc1ccc(-n2c(CN(C)C3CCCc4cccnc43)nc3ccccc32)cc1. The van der Waals surface area contributed by atoms with Crippen LogP contribution in [0.15, 0.2) is 66.9 Å². The maximum absolute atomic E-state index is 5.04. The van der Waals surface area contributed by atoms with Gasteiger partial charge in [0.05, 0.1) is 29.3 Å². The highest BCUT2D eigenvalue weighted by Crippen LogP contribution is 2.33. The van der Waals surface area contributed by atoms with Gasteiger partial charge in [0.1, 0.15) is 5.82 Å². The highest BCUT2D eigenvalue weighted by molar-refractivity contribution is 5.78. The number of hydrogen-bond acceptors (Lipinski definition) is 4. The standard InChI is InChI=1S/C27H31N5/c1-30(2)18-20-13-15-22(16-14-20)32-24-11-5-4-10-23(24)29-26(32)19-31(3)25-12-6-8-21-9-7-17-28-27(21)25/h4-5,7,9-11,13-17,25H,6,8,12,18-19H2,1-3H3. The van der Waals surface area contributed by atoms with Crippen LogP contribution in [0.4, 0.5) is 0 Å². The minimum atomic E-state index is 0.329. The monoisotopic (exact) mass is 425 g/mol.